The summed E-state index contributed by atoms with van der Waals surface area (Å²) in [5.74, 6) is 1.82. The first-order valence-corrected chi connectivity index (χ1v) is 7.95. The van der Waals surface area contributed by atoms with E-state index in [1.54, 1.807) is 7.11 Å². The zero-order valence-corrected chi connectivity index (χ0v) is 13.1. The molecule has 2 atom stereocenters. The lowest BCUT2D eigenvalue weighted by molar-refractivity contribution is 0.166. The van der Waals surface area contributed by atoms with Crippen molar-refractivity contribution in [1.82, 2.24) is 14.9 Å². The number of hydrogen-bond acceptors (Lipinski definition) is 4. The van der Waals surface area contributed by atoms with E-state index in [0.29, 0.717) is 12.1 Å². The van der Waals surface area contributed by atoms with E-state index in [1.807, 2.05) is 19.2 Å². The van der Waals surface area contributed by atoms with Crippen LogP contribution >= 0.6 is 0 Å². The van der Waals surface area contributed by atoms with Gasteiger partial charge in [-0.1, -0.05) is 12.1 Å². The fraction of sp³-hybridized carbons (Fsp3) is 0.444. The molecule has 1 aromatic heterocycles. The summed E-state index contributed by atoms with van der Waals surface area (Å²) in [5, 5.41) is 0. The molecule has 2 unspecified atom stereocenters. The molecule has 0 radical (unpaired) electrons. The van der Waals surface area contributed by atoms with E-state index in [-0.39, 0.29) is 0 Å². The molecule has 4 heteroatoms. The van der Waals surface area contributed by atoms with Crippen LogP contribution in [0.1, 0.15) is 41.5 Å². The maximum Gasteiger partial charge on any atom is 0.125 e. The van der Waals surface area contributed by atoms with Gasteiger partial charge in [0, 0.05) is 36.8 Å². The lowest BCUT2D eigenvalue weighted by Crippen LogP contribution is -2.37. The van der Waals surface area contributed by atoms with Gasteiger partial charge in [-0.05, 0) is 37.5 Å². The quantitative estimate of drug-likeness (QED) is 0.872. The minimum atomic E-state index is 0.473. The highest BCUT2D eigenvalue weighted by Crippen LogP contribution is 2.43. The number of fused-ring (bicyclic) bond motifs is 4. The summed E-state index contributed by atoms with van der Waals surface area (Å²) >= 11 is 0. The molecule has 4 nitrogen and oxygen atoms in total. The molecular weight excluding hydrogens is 274 g/mol. The Morgan fingerprint density at radius 1 is 1.32 bits per heavy atom. The average Bonchev–Trinajstić information content (AvgIpc) is 2.80. The molecule has 2 bridgehead atoms. The Morgan fingerprint density at radius 2 is 2.23 bits per heavy atom. The van der Waals surface area contributed by atoms with Gasteiger partial charge in [0.05, 0.1) is 12.8 Å². The van der Waals surface area contributed by atoms with E-state index in [1.165, 1.54) is 29.7 Å². The number of aryl methyl sites for hydroxylation is 1. The lowest BCUT2D eigenvalue weighted by Gasteiger charge is -2.35. The fourth-order valence-electron chi connectivity index (χ4n) is 3.90. The van der Waals surface area contributed by atoms with Crippen molar-refractivity contribution in [3.8, 4) is 5.75 Å². The Morgan fingerprint density at radius 3 is 3.09 bits per heavy atom. The minimum Gasteiger partial charge on any atom is -0.497 e. The van der Waals surface area contributed by atoms with Crippen LogP contribution in [-0.4, -0.2) is 28.0 Å². The molecule has 0 N–H and O–H groups in total. The Labute approximate surface area is 131 Å². The molecule has 1 saturated heterocycles. The van der Waals surface area contributed by atoms with E-state index in [2.05, 4.69) is 33.1 Å². The second-order valence-electron chi connectivity index (χ2n) is 6.29. The van der Waals surface area contributed by atoms with E-state index in [0.717, 1.165) is 24.5 Å². The van der Waals surface area contributed by atoms with Gasteiger partial charge in [0.1, 0.15) is 11.6 Å². The van der Waals surface area contributed by atoms with E-state index >= 15 is 0 Å². The zero-order valence-electron chi connectivity index (χ0n) is 13.1. The summed E-state index contributed by atoms with van der Waals surface area (Å²) in [6.45, 7) is 2.95. The molecule has 0 saturated carbocycles. The maximum atomic E-state index is 5.34. The average molecular weight is 295 g/mol. The third kappa shape index (κ3) is 2.28. The summed E-state index contributed by atoms with van der Waals surface area (Å²) < 4.78 is 5.34. The molecule has 4 rings (SSSR count). The molecule has 22 heavy (non-hydrogen) atoms. The largest absolute Gasteiger partial charge is 0.497 e. The highest BCUT2D eigenvalue weighted by molar-refractivity contribution is 5.31. The van der Waals surface area contributed by atoms with Crippen LogP contribution < -0.4 is 4.74 Å². The van der Waals surface area contributed by atoms with Crippen LogP contribution in [0, 0.1) is 6.92 Å². The van der Waals surface area contributed by atoms with E-state index in [4.69, 9.17) is 4.74 Å². The number of methoxy groups -OCH3 is 1. The number of hydrogen-bond donors (Lipinski definition) is 0. The van der Waals surface area contributed by atoms with Gasteiger partial charge < -0.3 is 4.74 Å². The first kappa shape index (κ1) is 13.7. The summed E-state index contributed by atoms with van der Waals surface area (Å²) in [5.41, 5.74) is 3.91. The van der Waals surface area contributed by atoms with Gasteiger partial charge in [0.15, 0.2) is 0 Å². The summed E-state index contributed by atoms with van der Waals surface area (Å²) in [7, 11) is 1.72. The van der Waals surface area contributed by atoms with Gasteiger partial charge in [0.2, 0.25) is 0 Å². The van der Waals surface area contributed by atoms with Crippen LogP contribution in [0.2, 0.25) is 0 Å². The molecule has 2 aromatic rings. The molecule has 3 heterocycles. The van der Waals surface area contributed by atoms with Gasteiger partial charge in [-0.25, -0.2) is 9.97 Å². The topological polar surface area (TPSA) is 38.2 Å². The molecule has 1 fully saturated rings. The lowest BCUT2D eigenvalue weighted by atomic mass is 9.98. The number of nitrogens with zero attached hydrogens (tertiary/aromatic N) is 3. The molecule has 1 aromatic carbocycles. The van der Waals surface area contributed by atoms with Gasteiger partial charge in [-0.15, -0.1) is 0 Å². The van der Waals surface area contributed by atoms with Crippen molar-refractivity contribution in [2.24, 2.45) is 0 Å². The third-order valence-corrected chi connectivity index (χ3v) is 4.95. The van der Waals surface area contributed by atoms with Crippen LogP contribution in [0.15, 0.2) is 30.5 Å². The number of benzene rings is 1. The van der Waals surface area contributed by atoms with Crippen molar-refractivity contribution in [1.29, 1.82) is 0 Å². The molecule has 0 aliphatic carbocycles. The van der Waals surface area contributed by atoms with Crippen LogP contribution in [0.5, 0.6) is 5.75 Å². The van der Waals surface area contributed by atoms with Crippen molar-refractivity contribution in [3.05, 3.63) is 53.1 Å². The monoisotopic (exact) mass is 295 g/mol. The Hall–Kier alpha value is -1.94. The van der Waals surface area contributed by atoms with Crippen LogP contribution in [0.25, 0.3) is 0 Å². The molecule has 0 amide bonds. The van der Waals surface area contributed by atoms with Gasteiger partial charge in [-0.2, -0.15) is 0 Å². The summed E-state index contributed by atoms with van der Waals surface area (Å²) in [6, 6.07) is 9.48. The van der Waals surface area contributed by atoms with Crippen LogP contribution in [0.3, 0.4) is 0 Å². The highest BCUT2D eigenvalue weighted by atomic mass is 16.5. The Kier molecular flexibility index (Phi) is 3.34. The zero-order chi connectivity index (χ0) is 15.1. The van der Waals surface area contributed by atoms with Crippen molar-refractivity contribution < 1.29 is 4.74 Å². The number of aromatic nitrogens is 2. The van der Waals surface area contributed by atoms with Crippen molar-refractivity contribution in [3.63, 3.8) is 0 Å². The smallest absolute Gasteiger partial charge is 0.125 e. The summed E-state index contributed by atoms with van der Waals surface area (Å²) in [4.78, 5) is 11.7. The van der Waals surface area contributed by atoms with Crippen LogP contribution in [-0.2, 0) is 13.0 Å². The SMILES string of the molecule is COc1cccc(CN2C3CCC2c2cnc(C)nc2C3)c1. The molecule has 2 aliphatic rings. The minimum absolute atomic E-state index is 0.473. The number of ether oxygens (including phenoxy) is 1. The van der Waals surface area contributed by atoms with Gasteiger partial charge in [0.25, 0.3) is 0 Å². The molecular formula is C18H21N3O. The second-order valence-corrected chi connectivity index (χ2v) is 6.29. The number of rotatable bonds is 3. The normalized spacial score (nSPS) is 23.4. The van der Waals surface area contributed by atoms with Crippen molar-refractivity contribution in [2.45, 2.75) is 44.8 Å². The van der Waals surface area contributed by atoms with Crippen molar-refractivity contribution in [2.75, 3.05) is 7.11 Å². The highest BCUT2D eigenvalue weighted by Gasteiger charge is 2.40. The van der Waals surface area contributed by atoms with E-state index in [9.17, 15) is 0 Å². The predicted molar refractivity (Wildman–Crippen MR) is 84.8 cm³/mol. The van der Waals surface area contributed by atoms with E-state index < -0.39 is 0 Å². The van der Waals surface area contributed by atoms with Crippen LogP contribution in [0.4, 0.5) is 0 Å². The predicted octanol–water partition coefficient (Wildman–Crippen LogP) is 3.06. The molecule has 114 valence electrons. The fourth-order valence-corrected chi connectivity index (χ4v) is 3.90. The first-order valence-electron chi connectivity index (χ1n) is 7.95. The Balaban J connectivity index is 1.62. The Bertz CT molecular complexity index is 700. The standard InChI is InChI=1S/C18H21N3O/c1-12-19-10-16-17(20-12)9-14-6-7-18(16)21(14)11-13-4-3-5-15(8-13)22-2/h3-5,8,10,14,18H,6-7,9,11H2,1-2H3. The maximum absolute atomic E-state index is 5.34. The van der Waals surface area contributed by atoms with Gasteiger partial charge in [-0.3, -0.25) is 4.90 Å². The second kappa shape index (κ2) is 5.36. The summed E-state index contributed by atoms with van der Waals surface area (Å²) in [6.07, 6.45) is 5.57. The molecule has 0 spiro atoms. The molecule has 2 aliphatic heterocycles. The first-order chi connectivity index (χ1) is 10.7. The third-order valence-electron chi connectivity index (χ3n) is 4.95. The van der Waals surface area contributed by atoms with Crippen molar-refractivity contribution >= 4 is 0 Å². The van der Waals surface area contributed by atoms with Gasteiger partial charge >= 0.3 is 0 Å².